The summed E-state index contributed by atoms with van der Waals surface area (Å²) in [7, 11) is 0. The Hall–Kier alpha value is -3.91. The summed E-state index contributed by atoms with van der Waals surface area (Å²) in [6.07, 6.45) is 1.54. The van der Waals surface area contributed by atoms with E-state index in [1.807, 2.05) is 68.4 Å². The van der Waals surface area contributed by atoms with Gasteiger partial charge < -0.3 is 19.6 Å². The summed E-state index contributed by atoms with van der Waals surface area (Å²) in [6.45, 7) is 11.0. The van der Waals surface area contributed by atoms with Crippen LogP contribution in [-0.2, 0) is 9.59 Å². The molecule has 3 aromatic rings. The molecule has 1 saturated heterocycles. The number of aliphatic hydroxyl groups excluding tert-OH is 1. The van der Waals surface area contributed by atoms with Crippen LogP contribution in [0.4, 0.5) is 0 Å². The second kappa shape index (κ2) is 11.4. The van der Waals surface area contributed by atoms with Crippen molar-refractivity contribution in [3.8, 4) is 11.4 Å². The number of hydrogen-bond acceptors (Lipinski definition) is 6. The highest BCUT2D eigenvalue weighted by atomic mass is 16.5. The van der Waals surface area contributed by atoms with E-state index in [0.717, 1.165) is 18.8 Å². The van der Waals surface area contributed by atoms with Crippen molar-refractivity contribution in [2.45, 2.75) is 33.7 Å². The SMILES string of the molecule is CCOc1cccc(C2/C(=C(\O)c3cnn(-c4ccccc4)c3C)C(=O)C(=O)N2CCN(CC)CC)c1. The molecule has 37 heavy (non-hydrogen) atoms. The molecule has 2 aromatic carbocycles. The van der Waals surface area contributed by atoms with Crippen LogP contribution in [0.25, 0.3) is 11.4 Å². The molecule has 1 fully saturated rings. The minimum absolute atomic E-state index is 0.0638. The molecule has 8 nitrogen and oxygen atoms in total. The number of benzene rings is 2. The molecule has 0 bridgehead atoms. The number of likely N-dealkylation sites (tertiary alicyclic amines) is 1. The van der Waals surface area contributed by atoms with Crippen LogP contribution in [0.2, 0.25) is 0 Å². The molecule has 0 saturated carbocycles. The van der Waals surface area contributed by atoms with Gasteiger partial charge in [-0.25, -0.2) is 4.68 Å². The molecule has 2 heterocycles. The zero-order valence-corrected chi connectivity index (χ0v) is 21.8. The number of aliphatic hydroxyl groups is 1. The fourth-order valence-corrected chi connectivity index (χ4v) is 4.80. The number of para-hydroxylation sites is 1. The second-order valence-electron chi connectivity index (χ2n) is 8.92. The Kier molecular flexibility index (Phi) is 8.08. The molecule has 1 N–H and O–H groups in total. The second-order valence-corrected chi connectivity index (χ2v) is 8.92. The lowest BCUT2D eigenvalue weighted by molar-refractivity contribution is -0.140. The van der Waals surface area contributed by atoms with Crippen LogP contribution in [0.15, 0.2) is 66.4 Å². The van der Waals surface area contributed by atoms with Gasteiger partial charge in [0.05, 0.1) is 41.4 Å². The third kappa shape index (κ3) is 5.15. The zero-order chi connectivity index (χ0) is 26.5. The third-order valence-corrected chi connectivity index (χ3v) is 6.84. The average molecular weight is 503 g/mol. The first-order valence-corrected chi connectivity index (χ1v) is 12.7. The Balaban J connectivity index is 1.82. The standard InChI is InChI=1S/C29H34N4O4/c1-5-31(6-2)16-17-32-26(21-12-11-15-23(18-21)37-7-3)25(28(35)29(32)36)27(34)24-19-30-33(20(24)4)22-13-9-8-10-14-22/h8-15,18-19,26,34H,5-7,16-17H2,1-4H3/b27-25+. The predicted molar refractivity (Wildman–Crippen MR) is 143 cm³/mol. The molecule has 0 aliphatic carbocycles. The summed E-state index contributed by atoms with van der Waals surface area (Å²) in [4.78, 5) is 30.5. The van der Waals surface area contributed by atoms with Gasteiger partial charge >= 0.3 is 0 Å². The van der Waals surface area contributed by atoms with Gasteiger partial charge in [0.1, 0.15) is 11.5 Å². The van der Waals surface area contributed by atoms with E-state index in [9.17, 15) is 14.7 Å². The van der Waals surface area contributed by atoms with Crippen molar-refractivity contribution in [3.63, 3.8) is 0 Å². The van der Waals surface area contributed by atoms with E-state index in [-0.39, 0.29) is 11.3 Å². The van der Waals surface area contributed by atoms with Crippen LogP contribution in [0.5, 0.6) is 5.75 Å². The number of Topliss-reactive ketones (excluding diaryl/α,β-unsaturated/α-hetero) is 1. The van der Waals surface area contributed by atoms with Crippen molar-refractivity contribution >= 4 is 17.4 Å². The highest BCUT2D eigenvalue weighted by Crippen LogP contribution is 2.40. The topological polar surface area (TPSA) is 87.9 Å². The summed E-state index contributed by atoms with van der Waals surface area (Å²) in [5, 5.41) is 16.0. The largest absolute Gasteiger partial charge is 0.507 e. The summed E-state index contributed by atoms with van der Waals surface area (Å²) in [5.74, 6) is -0.901. The molecule has 194 valence electrons. The smallest absolute Gasteiger partial charge is 0.295 e. The first-order valence-electron chi connectivity index (χ1n) is 12.7. The van der Waals surface area contributed by atoms with Crippen molar-refractivity contribution in [1.29, 1.82) is 0 Å². The molecule has 1 amide bonds. The molecule has 1 aromatic heterocycles. The molecular formula is C29H34N4O4. The molecule has 8 heteroatoms. The Morgan fingerprint density at radius 3 is 2.46 bits per heavy atom. The van der Waals surface area contributed by atoms with Crippen molar-refractivity contribution in [2.75, 3.05) is 32.8 Å². The van der Waals surface area contributed by atoms with E-state index in [1.165, 1.54) is 6.20 Å². The zero-order valence-electron chi connectivity index (χ0n) is 21.8. The molecule has 1 unspecified atom stereocenters. The van der Waals surface area contributed by atoms with Crippen LogP contribution in [0.1, 0.15) is 43.6 Å². The van der Waals surface area contributed by atoms with Gasteiger partial charge in [-0.05, 0) is 56.8 Å². The lowest BCUT2D eigenvalue weighted by atomic mass is 9.95. The maximum atomic E-state index is 13.4. The van der Waals surface area contributed by atoms with Gasteiger partial charge in [0.25, 0.3) is 11.7 Å². The highest BCUT2D eigenvalue weighted by molar-refractivity contribution is 6.46. The first kappa shape index (κ1) is 26.2. The van der Waals surface area contributed by atoms with E-state index in [0.29, 0.717) is 42.3 Å². The van der Waals surface area contributed by atoms with Crippen molar-refractivity contribution in [1.82, 2.24) is 19.6 Å². The van der Waals surface area contributed by atoms with E-state index in [2.05, 4.69) is 23.8 Å². The predicted octanol–water partition coefficient (Wildman–Crippen LogP) is 4.34. The van der Waals surface area contributed by atoms with Gasteiger partial charge in [0.2, 0.25) is 0 Å². The van der Waals surface area contributed by atoms with Crippen molar-refractivity contribution in [2.24, 2.45) is 0 Å². The number of ketones is 1. The Morgan fingerprint density at radius 2 is 1.78 bits per heavy atom. The highest BCUT2D eigenvalue weighted by Gasteiger charge is 2.46. The Morgan fingerprint density at radius 1 is 1.05 bits per heavy atom. The maximum absolute atomic E-state index is 13.4. The van der Waals surface area contributed by atoms with Crippen LogP contribution in [0.3, 0.4) is 0 Å². The average Bonchev–Trinajstić information content (AvgIpc) is 3.42. The minimum Gasteiger partial charge on any atom is -0.507 e. The van der Waals surface area contributed by atoms with E-state index >= 15 is 0 Å². The lowest BCUT2D eigenvalue weighted by Gasteiger charge is -2.28. The Bertz CT molecular complexity index is 1290. The van der Waals surface area contributed by atoms with E-state index < -0.39 is 17.7 Å². The van der Waals surface area contributed by atoms with Crippen LogP contribution in [-0.4, -0.2) is 69.2 Å². The fourth-order valence-electron chi connectivity index (χ4n) is 4.80. The number of rotatable bonds is 10. The summed E-state index contributed by atoms with van der Waals surface area (Å²) >= 11 is 0. The molecule has 1 aliphatic heterocycles. The molecule has 4 rings (SSSR count). The molecule has 0 radical (unpaired) electrons. The van der Waals surface area contributed by atoms with E-state index in [1.54, 1.807) is 9.58 Å². The normalized spacial score (nSPS) is 17.1. The van der Waals surface area contributed by atoms with Crippen molar-refractivity contribution < 1.29 is 19.4 Å². The fraction of sp³-hybridized carbons (Fsp3) is 0.345. The monoisotopic (exact) mass is 502 g/mol. The number of nitrogens with zero attached hydrogens (tertiary/aromatic N) is 4. The van der Waals surface area contributed by atoms with Crippen LogP contribution in [0, 0.1) is 6.92 Å². The molecule has 0 spiro atoms. The van der Waals surface area contributed by atoms with E-state index in [4.69, 9.17) is 4.74 Å². The number of hydrogen-bond donors (Lipinski definition) is 1. The lowest BCUT2D eigenvalue weighted by Crippen LogP contribution is -2.38. The molecule has 1 aliphatic rings. The Labute approximate surface area is 217 Å². The van der Waals surface area contributed by atoms with Crippen LogP contribution >= 0.6 is 0 Å². The first-order chi connectivity index (χ1) is 17.9. The minimum atomic E-state index is -0.740. The number of likely N-dealkylation sites (N-methyl/N-ethyl adjacent to an activating group) is 1. The molecular weight excluding hydrogens is 468 g/mol. The number of amides is 1. The number of carbonyl (C=O) groups excluding carboxylic acids is 2. The summed E-state index contributed by atoms with van der Waals surface area (Å²) in [5.41, 5.74) is 2.68. The summed E-state index contributed by atoms with van der Waals surface area (Å²) in [6, 6.07) is 16.2. The van der Waals surface area contributed by atoms with Gasteiger partial charge in [-0.15, -0.1) is 0 Å². The van der Waals surface area contributed by atoms with Gasteiger partial charge in [0.15, 0.2) is 0 Å². The van der Waals surface area contributed by atoms with Gasteiger partial charge in [0, 0.05) is 13.1 Å². The number of ether oxygens (including phenoxy) is 1. The third-order valence-electron chi connectivity index (χ3n) is 6.84. The van der Waals surface area contributed by atoms with Gasteiger partial charge in [-0.3, -0.25) is 9.59 Å². The molecule has 1 atom stereocenters. The summed E-state index contributed by atoms with van der Waals surface area (Å²) < 4.78 is 7.40. The number of aromatic nitrogens is 2. The maximum Gasteiger partial charge on any atom is 0.295 e. The quantitative estimate of drug-likeness (QED) is 0.252. The van der Waals surface area contributed by atoms with Gasteiger partial charge in [-0.2, -0.15) is 5.10 Å². The van der Waals surface area contributed by atoms with Crippen molar-refractivity contribution in [3.05, 3.63) is 83.2 Å². The number of carbonyl (C=O) groups is 2. The van der Waals surface area contributed by atoms with Gasteiger partial charge in [-0.1, -0.05) is 44.2 Å². The van der Waals surface area contributed by atoms with Crippen LogP contribution < -0.4 is 4.74 Å².